The predicted octanol–water partition coefficient (Wildman–Crippen LogP) is 0.792. The van der Waals surface area contributed by atoms with E-state index >= 15 is 0 Å². The van der Waals surface area contributed by atoms with Crippen molar-refractivity contribution in [3.05, 3.63) is 0 Å². The van der Waals surface area contributed by atoms with Gasteiger partial charge in [-0.1, -0.05) is 0 Å². The average molecular weight is 231 g/mol. The molecule has 1 amide bonds. The molecular weight excluding hydrogens is 216 g/mol. The monoisotopic (exact) mass is 231 g/mol. The fourth-order valence-corrected chi connectivity index (χ4v) is 2.20. The summed E-state index contributed by atoms with van der Waals surface area (Å²) in [5.74, 6) is -4.86. The lowest BCUT2D eigenvalue weighted by molar-refractivity contribution is -0.144. The molecule has 2 aliphatic rings. The number of hydrogen-bond donors (Lipinski definition) is 0. The Labute approximate surface area is 92.9 Å². The van der Waals surface area contributed by atoms with E-state index < -0.39 is 11.8 Å². The zero-order chi connectivity index (χ0) is 11.9. The molecule has 0 spiro atoms. The van der Waals surface area contributed by atoms with Crippen LogP contribution in [0.3, 0.4) is 0 Å². The molecule has 16 heavy (non-hydrogen) atoms. The summed E-state index contributed by atoms with van der Waals surface area (Å²) in [5, 5.41) is 4.46. The van der Waals surface area contributed by atoms with Gasteiger partial charge in [-0.2, -0.15) is 13.9 Å². The second kappa shape index (κ2) is 3.76. The van der Waals surface area contributed by atoms with E-state index in [1.54, 1.807) is 0 Å². The van der Waals surface area contributed by atoms with Crippen molar-refractivity contribution in [3.63, 3.8) is 0 Å². The van der Waals surface area contributed by atoms with E-state index in [2.05, 4.69) is 10.0 Å². The lowest BCUT2D eigenvalue weighted by atomic mass is 9.89. The number of piperidine rings is 1. The van der Waals surface area contributed by atoms with E-state index in [1.807, 2.05) is 7.05 Å². The fourth-order valence-electron chi connectivity index (χ4n) is 2.20. The van der Waals surface area contributed by atoms with E-state index in [-0.39, 0.29) is 11.6 Å². The summed E-state index contributed by atoms with van der Waals surface area (Å²) in [6.07, 6.45) is 1.29. The van der Waals surface area contributed by atoms with Crippen molar-refractivity contribution in [2.45, 2.75) is 18.8 Å². The average Bonchev–Trinajstić information content (AvgIpc) is 2.44. The Morgan fingerprint density at radius 2 is 1.88 bits per heavy atom. The molecule has 0 aliphatic carbocycles. The first kappa shape index (κ1) is 11.4. The Kier molecular flexibility index (Phi) is 2.69. The van der Waals surface area contributed by atoms with Crippen LogP contribution in [0.2, 0.25) is 0 Å². The highest BCUT2D eigenvalue weighted by Gasteiger charge is 2.54. The predicted molar refractivity (Wildman–Crippen MR) is 55.4 cm³/mol. The molecule has 4 nitrogen and oxygen atoms in total. The minimum atomic E-state index is -3.39. The lowest BCUT2D eigenvalue weighted by Gasteiger charge is -2.29. The van der Waals surface area contributed by atoms with Gasteiger partial charge in [0.25, 0.3) is 0 Å². The maximum atomic E-state index is 13.6. The molecule has 0 unspecified atom stereocenters. The number of nitrogens with zero attached hydrogens (tertiary/aromatic N) is 3. The quantitative estimate of drug-likeness (QED) is 0.669. The molecule has 0 bridgehead atoms. The first-order valence-electron chi connectivity index (χ1n) is 5.36. The normalized spacial score (nSPS) is 27.4. The summed E-state index contributed by atoms with van der Waals surface area (Å²) in [5.41, 5.74) is -0.242. The van der Waals surface area contributed by atoms with Crippen LogP contribution in [-0.4, -0.2) is 54.6 Å². The molecule has 2 rings (SSSR count). The Morgan fingerprint density at radius 3 is 2.31 bits per heavy atom. The van der Waals surface area contributed by atoms with Crippen LogP contribution in [-0.2, 0) is 4.79 Å². The number of amides is 1. The van der Waals surface area contributed by atoms with Crippen LogP contribution in [0.4, 0.5) is 8.78 Å². The largest absolute Gasteiger partial charge is 0.366 e. The lowest BCUT2D eigenvalue weighted by Crippen LogP contribution is -2.43. The standard InChI is InChI=1S/C10H15F2N3O/c1-14-5-3-7(4-6-14)8-10(11,12)9(16)15(2)13-8/h7H,3-6H2,1-2H3. The van der Waals surface area contributed by atoms with Crippen molar-refractivity contribution >= 4 is 11.6 Å². The minimum absolute atomic E-state index is 0.242. The summed E-state index contributed by atoms with van der Waals surface area (Å²) < 4.78 is 27.2. The summed E-state index contributed by atoms with van der Waals surface area (Å²) in [7, 11) is 3.24. The van der Waals surface area contributed by atoms with Crippen LogP contribution in [0.25, 0.3) is 0 Å². The van der Waals surface area contributed by atoms with Crippen molar-refractivity contribution in [3.8, 4) is 0 Å². The molecule has 90 valence electrons. The Morgan fingerprint density at radius 1 is 1.31 bits per heavy atom. The third-order valence-electron chi connectivity index (χ3n) is 3.25. The van der Waals surface area contributed by atoms with Gasteiger partial charge < -0.3 is 4.90 Å². The van der Waals surface area contributed by atoms with Crippen molar-refractivity contribution < 1.29 is 13.6 Å². The van der Waals surface area contributed by atoms with Crippen molar-refractivity contribution in [2.75, 3.05) is 27.2 Å². The molecule has 6 heteroatoms. The van der Waals surface area contributed by atoms with Crippen molar-refractivity contribution in [1.82, 2.24) is 9.91 Å². The van der Waals surface area contributed by atoms with Gasteiger partial charge >= 0.3 is 11.8 Å². The molecule has 0 aromatic carbocycles. The molecule has 2 heterocycles. The molecule has 0 aromatic rings. The van der Waals surface area contributed by atoms with Gasteiger partial charge in [0.15, 0.2) is 0 Å². The van der Waals surface area contributed by atoms with Crippen LogP contribution in [0.1, 0.15) is 12.8 Å². The van der Waals surface area contributed by atoms with Crippen molar-refractivity contribution in [1.29, 1.82) is 0 Å². The SMILES string of the molecule is CN1CCC(C2=NN(C)C(=O)C2(F)F)CC1. The Bertz CT molecular complexity index is 335. The smallest absolute Gasteiger partial charge is 0.306 e. The molecule has 2 aliphatic heterocycles. The molecular formula is C10H15F2N3O. The van der Waals surface area contributed by atoms with E-state index in [9.17, 15) is 13.6 Å². The van der Waals surface area contributed by atoms with Gasteiger partial charge in [0, 0.05) is 13.0 Å². The van der Waals surface area contributed by atoms with Crippen LogP contribution in [0.15, 0.2) is 5.10 Å². The van der Waals surface area contributed by atoms with Gasteiger partial charge in [0.2, 0.25) is 0 Å². The molecule has 1 saturated heterocycles. The van der Waals surface area contributed by atoms with E-state index in [4.69, 9.17) is 0 Å². The summed E-state index contributed by atoms with van der Waals surface area (Å²) in [4.78, 5) is 13.3. The summed E-state index contributed by atoms with van der Waals surface area (Å²) in [6.45, 7) is 1.55. The zero-order valence-corrected chi connectivity index (χ0v) is 9.41. The highest BCUT2D eigenvalue weighted by molar-refractivity contribution is 6.14. The van der Waals surface area contributed by atoms with Gasteiger partial charge in [-0.25, -0.2) is 5.01 Å². The first-order chi connectivity index (χ1) is 7.43. The second-order valence-corrected chi connectivity index (χ2v) is 4.47. The zero-order valence-electron chi connectivity index (χ0n) is 9.41. The number of carbonyl (C=O) groups is 1. The fraction of sp³-hybridized carbons (Fsp3) is 0.800. The number of rotatable bonds is 1. The topological polar surface area (TPSA) is 35.9 Å². The number of hydrogen-bond acceptors (Lipinski definition) is 3. The summed E-state index contributed by atoms with van der Waals surface area (Å²) in [6, 6.07) is 0. The summed E-state index contributed by atoms with van der Waals surface area (Å²) >= 11 is 0. The molecule has 0 N–H and O–H groups in total. The number of hydrazone groups is 1. The maximum absolute atomic E-state index is 13.6. The van der Waals surface area contributed by atoms with Gasteiger partial charge in [0.1, 0.15) is 5.71 Å². The van der Waals surface area contributed by atoms with Gasteiger partial charge in [-0.15, -0.1) is 0 Å². The molecule has 0 aromatic heterocycles. The van der Waals surface area contributed by atoms with Crippen LogP contribution in [0, 0.1) is 5.92 Å². The Hall–Kier alpha value is -1.04. The minimum Gasteiger partial charge on any atom is -0.306 e. The number of likely N-dealkylation sites (tertiary alicyclic amines) is 1. The second-order valence-electron chi connectivity index (χ2n) is 4.47. The molecule has 0 radical (unpaired) electrons. The number of halogens is 2. The number of alkyl halides is 2. The molecule has 0 saturated carbocycles. The van der Waals surface area contributed by atoms with E-state index in [0.29, 0.717) is 12.8 Å². The highest BCUT2D eigenvalue weighted by atomic mass is 19.3. The van der Waals surface area contributed by atoms with Gasteiger partial charge in [-0.3, -0.25) is 4.79 Å². The van der Waals surface area contributed by atoms with Crippen molar-refractivity contribution in [2.24, 2.45) is 11.0 Å². The first-order valence-corrected chi connectivity index (χ1v) is 5.36. The van der Waals surface area contributed by atoms with E-state index in [1.165, 1.54) is 7.05 Å². The van der Waals surface area contributed by atoms with Crippen LogP contribution >= 0.6 is 0 Å². The Balaban J connectivity index is 2.15. The van der Waals surface area contributed by atoms with Gasteiger partial charge in [0.05, 0.1) is 0 Å². The van der Waals surface area contributed by atoms with Gasteiger partial charge in [-0.05, 0) is 33.0 Å². The van der Waals surface area contributed by atoms with E-state index in [0.717, 1.165) is 18.1 Å². The maximum Gasteiger partial charge on any atom is 0.366 e. The van der Waals surface area contributed by atoms with Crippen LogP contribution in [0.5, 0.6) is 0 Å². The third-order valence-corrected chi connectivity index (χ3v) is 3.25. The third kappa shape index (κ3) is 1.71. The molecule has 0 atom stereocenters. The van der Waals surface area contributed by atoms with Crippen LogP contribution < -0.4 is 0 Å². The molecule has 1 fully saturated rings. The highest BCUT2D eigenvalue weighted by Crippen LogP contribution is 2.33. The number of carbonyl (C=O) groups excluding carboxylic acids is 1.